The van der Waals surface area contributed by atoms with Gasteiger partial charge in [-0.2, -0.15) is 0 Å². The average molecular weight is 378 g/mol. The van der Waals surface area contributed by atoms with Crippen LogP contribution in [0.2, 0.25) is 0 Å². The summed E-state index contributed by atoms with van der Waals surface area (Å²) in [5, 5.41) is 3.80. The van der Waals surface area contributed by atoms with Crippen LogP contribution in [0, 0.1) is 13.8 Å². The molecule has 0 aliphatic heterocycles. The monoisotopic (exact) mass is 378 g/mol. The number of benzene rings is 2. The van der Waals surface area contributed by atoms with E-state index in [4.69, 9.17) is 9.47 Å². The zero-order valence-corrected chi connectivity index (χ0v) is 16.8. The molecule has 28 heavy (non-hydrogen) atoms. The standard InChI is InChI=1S/C23H26N2O3/c1-5-14-27-21-12-11-19(18-9-7-13-24-22(18)21)25-23(26)17(4)28-20-10-6-8-15(2)16(20)3/h6-13,17H,5,14H2,1-4H3,(H,25,26)/t17-/m1/s1. The summed E-state index contributed by atoms with van der Waals surface area (Å²) in [7, 11) is 0. The zero-order valence-electron chi connectivity index (χ0n) is 16.8. The Kier molecular flexibility index (Phi) is 6.14. The van der Waals surface area contributed by atoms with E-state index in [0.717, 1.165) is 39.9 Å². The van der Waals surface area contributed by atoms with Gasteiger partial charge in [-0.15, -0.1) is 0 Å². The molecule has 2 aromatic carbocycles. The van der Waals surface area contributed by atoms with Crippen LogP contribution < -0.4 is 14.8 Å². The maximum Gasteiger partial charge on any atom is 0.265 e. The fraction of sp³-hybridized carbons (Fsp3) is 0.304. The smallest absolute Gasteiger partial charge is 0.265 e. The Balaban J connectivity index is 1.80. The van der Waals surface area contributed by atoms with Gasteiger partial charge in [-0.1, -0.05) is 19.1 Å². The first-order valence-corrected chi connectivity index (χ1v) is 9.55. The number of hydrogen-bond acceptors (Lipinski definition) is 4. The summed E-state index contributed by atoms with van der Waals surface area (Å²) in [5.74, 6) is 1.22. The van der Waals surface area contributed by atoms with Gasteiger partial charge in [-0.25, -0.2) is 0 Å². The minimum absolute atomic E-state index is 0.215. The Morgan fingerprint density at radius 3 is 2.71 bits per heavy atom. The van der Waals surface area contributed by atoms with Gasteiger partial charge in [0.1, 0.15) is 17.0 Å². The van der Waals surface area contributed by atoms with Crippen molar-refractivity contribution >= 4 is 22.5 Å². The summed E-state index contributed by atoms with van der Waals surface area (Å²) in [6, 6.07) is 13.3. The lowest BCUT2D eigenvalue weighted by Gasteiger charge is -2.18. The van der Waals surface area contributed by atoms with Crippen molar-refractivity contribution in [1.82, 2.24) is 4.98 Å². The third-order valence-corrected chi connectivity index (χ3v) is 4.68. The van der Waals surface area contributed by atoms with Gasteiger partial charge in [0.05, 0.1) is 12.3 Å². The van der Waals surface area contributed by atoms with Crippen molar-refractivity contribution in [2.45, 2.75) is 40.2 Å². The van der Waals surface area contributed by atoms with Crippen LogP contribution in [0.3, 0.4) is 0 Å². The Morgan fingerprint density at radius 1 is 1.11 bits per heavy atom. The molecule has 0 saturated carbocycles. The van der Waals surface area contributed by atoms with Gasteiger partial charge >= 0.3 is 0 Å². The lowest BCUT2D eigenvalue weighted by Crippen LogP contribution is -2.30. The number of hydrogen-bond donors (Lipinski definition) is 1. The molecule has 1 N–H and O–H groups in total. The van der Waals surface area contributed by atoms with E-state index in [2.05, 4.69) is 17.2 Å². The first-order chi connectivity index (χ1) is 13.5. The molecule has 0 fully saturated rings. The molecule has 1 heterocycles. The second-order valence-corrected chi connectivity index (χ2v) is 6.81. The van der Waals surface area contributed by atoms with E-state index in [0.29, 0.717) is 12.3 Å². The molecule has 1 aromatic heterocycles. The zero-order chi connectivity index (χ0) is 20.1. The number of nitrogens with zero attached hydrogens (tertiary/aromatic N) is 1. The number of carbonyl (C=O) groups is 1. The quantitative estimate of drug-likeness (QED) is 0.625. The van der Waals surface area contributed by atoms with Crippen LogP contribution in [-0.2, 0) is 4.79 Å². The normalized spacial score (nSPS) is 11.9. The van der Waals surface area contributed by atoms with Crippen LogP contribution in [0.1, 0.15) is 31.4 Å². The molecule has 0 bridgehead atoms. The fourth-order valence-corrected chi connectivity index (χ4v) is 2.91. The summed E-state index contributed by atoms with van der Waals surface area (Å²) >= 11 is 0. The van der Waals surface area contributed by atoms with E-state index in [-0.39, 0.29) is 5.91 Å². The molecule has 3 rings (SSSR count). The van der Waals surface area contributed by atoms with Crippen molar-refractivity contribution in [3.63, 3.8) is 0 Å². The van der Waals surface area contributed by atoms with Crippen LogP contribution in [0.4, 0.5) is 5.69 Å². The molecule has 0 unspecified atom stereocenters. The second kappa shape index (κ2) is 8.74. The molecular weight excluding hydrogens is 352 g/mol. The maximum absolute atomic E-state index is 12.7. The maximum atomic E-state index is 12.7. The highest BCUT2D eigenvalue weighted by Crippen LogP contribution is 2.30. The minimum atomic E-state index is -0.636. The molecule has 0 saturated heterocycles. The number of pyridine rings is 1. The number of anilines is 1. The molecule has 5 nitrogen and oxygen atoms in total. The minimum Gasteiger partial charge on any atom is -0.491 e. The van der Waals surface area contributed by atoms with E-state index in [1.165, 1.54) is 0 Å². The summed E-state index contributed by atoms with van der Waals surface area (Å²) in [6.07, 6.45) is 2.00. The molecule has 0 aliphatic carbocycles. The van der Waals surface area contributed by atoms with Crippen molar-refractivity contribution in [2.75, 3.05) is 11.9 Å². The van der Waals surface area contributed by atoms with Gasteiger partial charge in [0.2, 0.25) is 0 Å². The molecule has 1 amide bonds. The van der Waals surface area contributed by atoms with Crippen molar-refractivity contribution in [3.8, 4) is 11.5 Å². The van der Waals surface area contributed by atoms with Gasteiger partial charge in [0.15, 0.2) is 6.10 Å². The van der Waals surface area contributed by atoms with E-state index in [9.17, 15) is 4.79 Å². The van der Waals surface area contributed by atoms with E-state index in [1.54, 1.807) is 13.1 Å². The average Bonchev–Trinajstić information content (AvgIpc) is 2.70. The van der Waals surface area contributed by atoms with Gasteiger partial charge in [-0.3, -0.25) is 9.78 Å². The number of nitrogens with one attached hydrogen (secondary N) is 1. The summed E-state index contributed by atoms with van der Waals surface area (Å²) in [4.78, 5) is 17.2. The Hall–Kier alpha value is -3.08. The predicted octanol–water partition coefficient (Wildman–Crippen LogP) is 5.05. The first-order valence-electron chi connectivity index (χ1n) is 9.55. The molecule has 0 spiro atoms. The van der Waals surface area contributed by atoms with Crippen molar-refractivity contribution in [2.24, 2.45) is 0 Å². The Bertz CT molecular complexity index is 985. The number of carbonyl (C=O) groups excluding carboxylic acids is 1. The highest BCUT2D eigenvalue weighted by molar-refractivity contribution is 6.04. The van der Waals surface area contributed by atoms with Crippen LogP contribution in [0.5, 0.6) is 11.5 Å². The van der Waals surface area contributed by atoms with E-state index >= 15 is 0 Å². The van der Waals surface area contributed by atoms with Gasteiger partial charge in [0.25, 0.3) is 5.91 Å². The summed E-state index contributed by atoms with van der Waals surface area (Å²) in [5.41, 5.74) is 3.59. The number of ether oxygens (including phenoxy) is 2. The number of aromatic nitrogens is 1. The van der Waals surface area contributed by atoms with Crippen LogP contribution >= 0.6 is 0 Å². The Labute approximate surface area is 165 Å². The molecule has 3 aromatic rings. The highest BCUT2D eigenvalue weighted by atomic mass is 16.5. The van der Waals surface area contributed by atoms with Crippen LogP contribution in [-0.4, -0.2) is 23.6 Å². The van der Waals surface area contributed by atoms with Crippen molar-refractivity contribution in [1.29, 1.82) is 0 Å². The molecule has 146 valence electrons. The van der Waals surface area contributed by atoms with Crippen LogP contribution in [0.15, 0.2) is 48.7 Å². The lowest BCUT2D eigenvalue weighted by molar-refractivity contribution is -0.122. The molecule has 1 atom stereocenters. The summed E-state index contributed by atoms with van der Waals surface area (Å²) in [6.45, 7) is 8.44. The predicted molar refractivity (Wildman–Crippen MR) is 112 cm³/mol. The van der Waals surface area contributed by atoms with Crippen LogP contribution in [0.25, 0.3) is 10.9 Å². The fourth-order valence-electron chi connectivity index (χ4n) is 2.91. The topological polar surface area (TPSA) is 60.5 Å². The van der Waals surface area contributed by atoms with E-state index in [1.807, 2.05) is 56.3 Å². The van der Waals surface area contributed by atoms with Gasteiger partial charge in [0, 0.05) is 11.6 Å². The molecule has 5 heteroatoms. The molecule has 0 radical (unpaired) electrons. The van der Waals surface area contributed by atoms with Gasteiger partial charge in [-0.05, 0) is 68.7 Å². The third kappa shape index (κ3) is 4.25. The van der Waals surface area contributed by atoms with Gasteiger partial charge < -0.3 is 14.8 Å². The summed E-state index contributed by atoms with van der Waals surface area (Å²) < 4.78 is 11.7. The molecular formula is C23H26N2O3. The molecule has 0 aliphatic rings. The first kappa shape index (κ1) is 19.7. The number of rotatable bonds is 7. The highest BCUT2D eigenvalue weighted by Gasteiger charge is 2.18. The largest absolute Gasteiger partial charge is 0.491 e. The Morgan fingerprint density at radius 2 is 1.93 bits per heavy atom. The number of fused-ring (bicyclic) bond motifs is 1. The SMILES string of the molecule is CCCOc1ccc(NC(=O)[C@@H](C)Oc2cccc(C)c2C)c2cccnc12. The van der Waals surface area contributed by atoms with Crippen molar-refractivity contribution in [3.05, 3.63) is 59.8 Å². The number of aryl methyl sites for hydroxylation is 1. The van der Waals surface area contributed by atoms with E-state index < -0.39 is 6.10 Å². The lowest BCUT2D eigenvalue weighted by atomic mass is 10.1. The second-order valence-electron chi connectivity index (χ2n) is 6.81. The number of amides is 1. The third-order valence-electron chi connectivity index (χ3n) is 4.68. The van der Waals surface area contributed by atoms with Crippen molar-refractivity contribution < 1.29 is 14.3 Å².